The van der Waals surface area contributed by atoms with E-state index in [1.165, 1.54) is 16.7 Å². The Hall–Kier alpha value is -1.60. The Morgan fingerprint density at radius 2 is 1.89 bits per heavy atom. The van der Waals surface area contributed by atoms with Gasteiger partial charge in [-0.15, -0.1) is 0 Å². The highest BCUT2D eigenvalue weighted by atomic mass is 79.9. The Morgan fingerprint density at radius 3 is 2.44 bits per heavy atom. The lowest BCUT2D eigenvalue weighted by Gasteiger charge is -2.08. The number of nitriles is 1. The molecule has 0 spiro atoms. The van der Waals surface area contributed by atoms with Crippen LogP contribution in [0.2, 0.25) is 0 Å². The second-order valence-electron chi connectivity index (χ2n) is 4.46. The number of halogens is 1. The highest BCUT2D eigenvalue weighted by Crippen LogP contribution is 2.28. The monoisotopic (exact) mass is 303 g/mol. The second kappa shape index (κ2) is 4.95. The van der Waals surface area contributed by atoms with Gasteiger partial charge < -0.3 is 4.98 Å². The van der Waals surface area contributed by atoms with E-state index in [9.17, 15) is 0 Å². The number of nitrogens with zero attached hydrogens (tertiary/aromatic N) is 2. The summed E-state index contributed by atoms with van der Waals surface area (Å²) in [4.78, 5) is 7.68. The van der Waals surface area contributed by atoms with Crippen molar-refractivity contribution in [2.24, 2.45) is 0 Å². The number of aromatic amines is 1. The van der Waals surface area contributed by atoms with Crippen molar-refractivity contribution in [1.29, 1.82) is 5.26 Å². The Bertz CT molecular complexity index is 612. The predicted molar refractivity (Wildman–Crippen MR) is 75.3 cm³/mol. The lowest BCUT2D eigenvalue weighted by atomic mass is 9.99. The molecule has 18 heavy (non-hydrogen) atoms. The average molecular weight is 304 g/mol. The molecule has 0 fully saturated rings. The summed E-state index contributed by atoms with van der Waals surface area (Å²) in [5, 5.41) is 8.75. The van der Waals surface area contributed by atoms with Crippen molar-refractivity contribution >= 4 is 15.9 Å². The van der Waals surface area contributed by atoms with Crippen LogP contribution < -0.4 is 0 Å². The summed E-state index contributed by atoms with van der Waals surface area (Å²) in [5.74, 6) is 0.821. The zero-order chi connectivity index (χ0) is 13.3. The van der Waals surface area contributed by atoms with Crippen LogP contribution in [0.25, 0.3) is 11.4 Å². The molecule has 1 heterocycles. The van der Waals surface area contributed by atoms with Crippen LogP contribution in [0.1, 0.15) is 22.4 Å². The van der Waals surface area contributed by atoms with Crippen LogP contribution in [-0.4, -0.2) is 9.97 Å². The van der Waals surface area contributed by atoms with E-state index >= 15 is 0 Å². The van der Waals surface area contributed by atoms with Gasteiger partial charge in [-0.1, -0.05) is 17.7 Å². The molecule has 1 aromatic carbocycles. The third-order valence-corrected chi connectivity index (χ3v) is 3.55. The summed E-state index contributed by atoms with van der Waals surface area (Å²) in [7, 11) is 0. The Labute approximate surface area is 115 Å². The molecule has 2 aromatic rings. The van der Waals surface area contributed by atoms with Crippen molar-refractivity contribution < 1.29 is 0 Å². The van der Waals surface area contributed by atoms with Gasteiger partial charge in [-0.3, -0.25) is 0 Å². The summed E-state index contributed by atoms with van der Waals surface area (Å²) < 4.78 is 0.721. The fourth-order valence-corrected chi connectivity index (χ4v) is 2.67. The maximum Gasteiger partial charge on any atom is 0.139 e. The van der Waals surface area contributed by atoms with Gasteiger partial charge >= 0.3 is 0 Å². The highest BCUT2D eigenvalue weighted by Gasteiger charge is 2.13. The van der Waals surface area contributed by atoms with Crippen LogP contribution in [0, 0.1) is 32.1 Å². The maximum absolute atomic E-state index is 8.75. The molecule has 1 N–H and O–H groups in total. The molecular formula is C14H14BrN3. The first-order chi connectivity index (χ1) is 8.52. The average Bonchev–Trinajstić information content (AvgIpc) is 2.59. The number of hydrogen-bond acceptors (Lipinski definition) is 2. The molecule has 1 aromatic heterocycles. The Balaban J connectivity index is 2.56. The zero-order valence-corrected chi connectivity index (χ0v) is 12.2. The molecule has 92 valence electrons. The predicted octanol–water partition coefficient (Wildman–Crippen LogP) is 3.83. The highest BCUT2D eigenvalue weighted by molar-refractivity contribution is 9.10. The smallest absolute Gasteiger partial charge is 0.139 e. The summed E-state index contributed by atoms with van der Waals surface area (Å²) in [6.45, 7) is 6.24. The van der Waals surface area contributed by atoms with Gasteiger partial charge in [0.1, 0.15) is 10.4 Å². The van der Waals surface area contributed by atoms with Crippen LogP contribution in [0.3, 0.4) is 0 Å². The van der Waals surface area contributed by atoms with Crippen molar-refractivity contribution in [1.82, 2.24) is 9.97 Å². The fourth-order valence-electron chi connectivity index (χ4n) is 2.26. The molecular weight excluding hydrogens is 290 g/mol. The third-order valence-electron chi connectivity index (χ3n) is 2.90. The van der Waals surface area contributed by atoms with E-state index in [2.05, 4.69) is 64.9 Å². The molecule has 0 bridgehead atoms. The molecule has 0 atom stereocenters. The van der Waals surface area contributed by atoms with Gasteiger partial charge in [0, 0.05) is 5.56 Å². The van der Waals surface area contributed by atoms with Gasteiger partial charge in [-0.05, 0) is 47.8 Å². The van der Waals surface area contributed by atoms with Gasteiger partial charge in [-0.25, -0.2) is 4.98 Å². The number of hydrogen-bond donors (Lipinski definition) is 1. The normalized spacial score (nSPS) is 10.4. The van der Waals surface area contributed by atoms with Crippen LogP contribution in [0.15, 0.2) is 16.7 Å². The SMILES string of the molecule is Cc1cc(C)c(-c2nc(Br)c(CC#N)[nH]2)c(C)c1. The minimum absolute atomic E-state index is 0.331. The lowest BCUT2D eigenvalue weighted by molar-refractivity contribution is 1.14. The van der Waals surface area contributed by atoms with Crippen LogP contribution >= 0.6 is 15.9 Å². The third kappa shape index (κ3) is 2.32. The number of imidazole rings is 1. The minimum Gasteiger partial charge on any atom is -0.340 e. The standard InChI is InChI=1S/C14H14BrN3/c1-8-6-9(2)12(10(3)7-8)14-17-11(4-5-16)13(15)18-14/h6-7H,4H2,1-3H3,(H,17,18). The summed E-state index contributed by atoms with van der Waals surface area (Å²) in [6, 6.07) is 6.41. The number of aromatic nitrogens is 2. The summed E-state index contributed by atoms with van der Waals surface area (Å²) in [6.07, 6.45) is 0.331. The van der Waals surface area contributed by atoms with E-state index in [-0.39, 0.29) is 0 Å². The Morgan fingerprint density at radius 1 is 1.28 bits per heavy atom. The molecule has 2 rings (SSSR count). The summed E-state index contributed by atoms with van der Waals surface area (Å²) >= 11 is 3.39. The molecule has 4 heteroatoms. The topological polar surface area (TPSA) is 52.5 Å². The van der Waals surface area contributed by atoms with Crippen molar-refractivity contribution in [2.75, 3.05) is 0 Å². The minimum atomic E-state index is 0.331. The number of rotatable bonds is 2. The fraction of sp³-hybridized carbons (Fsp3) is 0.286. The first kappa shape index (κ1) is 12.8. The van der Waals surface area contributed by atoms with Gasteiger partial charge in [-0.2, -0.15) is 5.26 Å². The number of aryl methyl sites for hydroxylation is 3. The molecule has 3 nitrogen and oxygen atoms in total. The van der Waals surface area contributed by atoms with E-state index in [0.29, 0.717) is 6.42 Å². The van der Waals surface area contributed by atoms with Crippen LogP contribution in [-0.2, 0) is 6.42 Å². The summed E-state index contributed by atoms with van der Waals surface area (Å²) in [5.41, 5.74) is 5.57. The quantitative estimate of drug-likeness (QED) is 0.916. The molecule has 0 saturated heterocycles. The second-order valence-corrected chi connectivity index (χ2v) is 5.21. The van der Waals surface area contributed by atoms with Gasteiger partial charge in [0.15, 0.2) is 0 Å². The van der Waals surface area contributed by atoms with Crippen molar-refractivity contribution in [3.05, 3.63) is 39.1 Å². The van der Waals surface area contributed by atoms with Crippen LogP contribution in [0.4, 0.5) is 0 Å². The van der Waals surface area contributed by atoms with Gasteiger partial charge in [0.05, 0.1) is 18.2 Å². The molecule has 0 saturated carbocycles. The molecule has 0 unspecified atom stereocenters. The number of H-pyrrole nitrogens is 1. The van der Waals surface area contributed by atoms with Gasteiger partial charge in [0.2, 0.25) is 0 Å². The van der Waals surface area contributed by atoms with Crippen molar-refractivity contribution in [3.63, 3.8) is 0 Å². The van der Waals surface area contributed by atoms with Crippen molar-refractivity contribution in [2.45, 2.75) is 27.2 Å². The first-order valence-corrected chi connectivity index (χ1v) is 6.51. The molecule has 0 amide bonds. The molecule has 0 aliphatic heterocycles. The van der Waals surface area contributed by atoms with Crippen LogP contribution in [0.5, 0.6) is 0 Å². The van der Waals surface area contributed by atoms with E-state index in [0.717, 1.165) is 21.7 Å². The Kier molecular flexibility index (Phi) is 3.53. The number of nitrogens with one attached hydrogen (secondary N) is 1. The van der Waals surface area contributed by atoms with Gasteiger partial charge in [0.25, 0.3) is 0 Å². The van der Waals surface area contributed by atoms with E-state index in [1.54, 1.807) is 0 Å². The van der Waals surface area contributed by atoms with E-state index in [4.69, 9.17) is 5.26 Å². The van der Waals surface area contributed by atoms with Crippen molar-refractivity contribution in [3.8, 4) is 17.5 Å². The largest absolute Gasteiger partial charge is 0.340 e. The van der Waals surface area contributed by atoms with E-state index in [1.807, 2.05) is 0 Å². The zero-order valence-electron chi connectivity index (χ0n) is 10.6. The first-order valence-electron chi connectivity index (χ1n) is 5.72. The lowest BCUT2D eigenvalue weighted by Crippen LogP contribution is -1.92. The molecule has 0 radical (unpaired) electrons. The maximum atomic E-state index is 8.75. The van der Waals surface area contributed by atoms with E-state index < -0.39 is 0 Å². The molecule has 0 aliphatic carbocycles. The molecule has 0 aliphatic rings. The number of benzene rings is 1.